The highest BCUT2D eigenvalue weighted by atomic mass is 32.2. The third kappa shape index (κ3) is 4.09. The summed E-state index contributed by atoms with van der Waals surface area (Å²) in [6, 6.07) is 3.51. The molecule has 3 N–H and O–H groups in total. The number of nitrogens with one attached hydrogen (secondary N) is 1. The number of carboxylic acids is 1. The molecule has 0 fully saturated rings. The molecule has 0 aliphatic carbocycles. The van der Waals surface area contributed by atoms with Crippen LogP contribution in [-0.4, -0.2) is 19.8 Å². The average molecular weight is 289 g/mol. The first-order valence-corrected chi connectivity index (χ1v) is 6.86. The van der Waals surface area contributed by atoms with Crippen LogP contribution < -0.4 is 4.72 Å². The van der Waals surface area contributed by atoms with E-state index in [1.807, 2.05) is 0 Å². The smallest absolute Gasteiger partial charge is 0.310 e. The Morgan fingerprint density at radius 1 is 1.53 bits per heavy atom. The first-order chi connectivity index (χ1) is 8.86. The minimum absolute atomic E-state index is 0.242. The summed E-state index contributed by atoms with van der Waals surface area (Å²) in [5.41, 5.74) is 0.597. The molecule has 0 saturated heterocycles. The fraction of sp³-hybridized carbons (Fsp3) is 0.417. The summed E-state index contributed by atoms with van der Waals surface area (Å²) in [6.07, 6.45) is 0.428. The Bertz CT molecular complexity index is 495. The Morgan fingerprint density at radius 2 is 2.16 bits per heavy atom. The van der Waals surface area contributed by atoms with Crippen LogP contribution in [0.15, 0.2) is 18.2 Å². The van der Waals surface area contributed by atoms with Gasteiger partial charge in [0.05, 0.1) is 5.92 Å². The lowest BCUT2D eigenvalue weighted by atomic mass is 9.97. The van der Waals surface area contributed by atoms with E-state index in [-0.39, 0.29) is 5.56 Å². The zero-order chi connectivity index (χ0) is 14.6. The monoisotopic (exact) mass is 289 g/mol. The van der Waals surface area contributed by atoms with Crippen LogP contribution in [0.5, 0.6) is 0 Å². The molecule has 0 bridgehead atoms. The van der Waals surface area contributed by atoms with Gasteiger partial charge in [-0.1, -0.05) is 19.1 Å². The molecule has 0 aromatic heterocycles. The van der Waals surface area contributed by atoms with Crippen molar-refractivity contribution < 1.29 is 23.1 Å². The number of carboxylic acid groups (broad SMARTS) is 1. The molecule has 0 saturated carbocycles. The van der Waals surface area contributed by atoms with E-state index in [2.05, 4.69) is 4.72 Å². The third-order valence-electron chi connectivity index (χ3n) is 2.92. The highest BCUT2D eigenvalue weighted by Crippen LogP contribution is 2.24. The summed E-state index contributed by atoms with van der Waals surface area (Å²) in [5.74, 6) is -2.42. The second kappa shape index (κ2) is 6.74. The lowest BCUT2D eigenvalue weighted by Crippen LogP contribution is -2.23. The molecule has 19 heavy (non-hydrogen) atoms. The van der Waals surface area contributed by atoms with Gasteiger partial charge >= 0.3 is 5.97 Å². The maximum absolute atomic E-state index is 13.9. The number of rotatable bonds is 6. The minimum atomic E-state index is -2.24. The van der Waals surface area contributed by atoms with E-state index in [1.165, 1.54) is 19.1 Å². The quantitative estimate of drug-likeness (QED) is 0.701. The van der Waals surface area contributed by atoms with E-state index in [9.17, 15) is 13.4 Å². The van der Waals surface area contributed by atoms with Crippen LogP contribution >= 0.6 is 0 Å². The number of carbonyl (C=O) groups is 1. The van der Waals surface area contributed by atoms with E-state index in [0.29, 0.717) is 12.0 Å². The van der Waals surface area contributed by atoms with Gasteiger partial charge in [0.15, 0.2) is 0 Å². The van der Waals surface area contributed by atoms with Crippen molar-refractivity contribution in [2.75, 3.05) is 0 Å². The second-order valence-corrected chi connectivity index (χ2v) is 4.90. The molecular formula is C12H16FNO4S. The van der Waals surface area contributed by atoms with Crippen LogP contribution in [0.2, 0.25) is 0 Å². The molecule has 3 atom stereocenters. The van der Waals surface area contributed by atoms with Gasteiger partial charge in [0, 0.05) is 11.6 Å². The standard InChI is InChI=1S/C12H16FNO4S/c1-3-11(14-19(17)18)9-5-4-8(6-10(9)13)7(2)12(15)16/h4-7,11,14H,3H2,1-2H3,(H,15,16)(H,17,18). The molecule has 0 aliphatic rings. The molecule has 7 heteroatoms. The van der Waals surface area contributed by atoms with Gasteiger partial charge < -0.3 is 5.11 Å². The van der Waals surface area contributed by atoms with Gasteiger partial charge in [0.2, 0.25) is 11.3 Å². The van der Waals surface area contributed by atoms with Crippen LogP contribution in [0.25, 0.3) is 0 Å². The van der Waals surface area contributed by atoms with Crippen molar-refractivity contribution in [2.24, 2.45) is 0 Å². The second-order valence-electron chi connectivity index (χ2n) is 4.17. The van der Waals surface area contributed by atoms with Gasteiger partial charge in [-0.15, -0.1) is 0 Å². The summed E-state index contributed by atoms with van der Waals surface area (Å²) < 4.78 is 35.8. The van der Waals surface area contributed by atoms with Gasteiger partial charge in [-0.05, 0) is 25.0 Å². The zero-order valence-corrected chi connectivity index (χ0v) is 11.4. The predicted molar refractivity (Wildman–Crippen MR) is 69.4 cm³/mol. The predicted octanol–water partition coefficient (Wildman–Crippen LogP) is 2.19. The Balaban J connectivity index is 3.05. The van der Waals surface area contributed by atoms with Crippen molar-refractivity contribution >= 4 is 17.2 Å². The lowest BCUT2D eigenvalue weighted by Gasteiger charge is -2.17. The minimum Gasteiger partial charge on any atom is -0.481 e. The van der Waals surface area contributed by atoms with Crippen molar-refractivity contribution in [1.82, 2.24) is 4.72 Å². The molecule has 1 aromatic rings. The Kier molecular flexibility index (Phi) is 5.59. The fourth-order valence-electron chi connectivity index (χ4n) is 1.73. The topological polar surface area (TPSA) is 86.6 Å². The van der Waals surface area contributed by atoms with Crippen molar-refractivity contribution in [3.8, 4) is 0 Å². The summed E-state index contributed by atoms with van der Waals surface area (Å²) in [7, 11) is 0. The van der Waals surface area contributed by atoms with Crippen molar-refractivity contribution in [3.63, 3.8) is 0 Å². The SMILES string of the molecule is CCC(NS(=O)O)c1ccc(C(C)C(=O)O)cc1F. The van der Waals surface area contributed by atoms with Crippen LogP contribution in [0.3, 0.4) is 0 Å². The number of hydrogen-bond donors (Lipinski definition) is 3. The van der Waals surface area contributed by atoms with E-state index in [4.69, 9.17) is 9.66 Å². The normalized spacial score (nSPS) is 15.8. The molecule has 0 radical (unpaired) electrons. The van der Waals surface area contributed by atoms with Gasteiger partial charge in [-0.3, -0.25) is 9.35 Å². The number of hydrogen-bond acceptors (Lipinski definition) is 2. The molecule has 3 unspecified atom stereocenters. The molecule has 1 aromatic carbocycles. The Labute approximate surface area is 113 Å². The molecule has 0 amide bonds. The van der Waals surface area contributed by atoms with Gasteiger partial charge in [-0.25, -0.2) is 13.3 Å². The van der Waals surface area contributed by atoms with Crippen molar-refractivity contribution in [2.45, 2.75) is 32.2 Å². The Hall–Kier alpha value is -1.31. The first kappa shape index (κ1) is 15.7. The van der Waals surface area contributed by atoms with Gasteiger partial charge in [-0.2, -0.15) is 0 Å². The lowest BCUT2D eigenvalue weighted by molar-refractivity contribution is -0.138. The molecule has 1 rings (SSSR count). The van der Waals surface area contributed by atoms with Crippen LogP contribution in [0.4, 0.5) is 4.39 Å². The highest BCUT2D eigenvalue weighted by molar-refractivity contribution is 7.77. The number of benzene rings is 1. The molecule has 0 aliphatic heterocycles. The number of aliphatic carboxylic acids is 1. The molecule has 0 spiro atoms. The molecule has 106 valence electrons. The maximum atomic E-state index is 13.9. The highest BCUT2D eigenvalue weighted by Gasteiger charge is 2.19. The molecule has 5 nitrogen and oxygen atoms in total. The molecule has 0 heterocycles. The van der Waals surface area contributed by atoms with Crippen LogP contribution in [0, 0.1) is 5.82 Å². The first-order valence-electron chi connectivity index (χ1n) is 5.76. The van der Waals surface area contributed by atoms with Crippen molar-refractivity contribution in [1.29, 1.82) is 0 Å². The van der Waals surface area contributed by atoms with E-state index in [0.717, 1.165) is 6.07 Å². The fourth-order valence-corrected chi connectivity index (χ4v) is 2.26. The largest absolute Gasteiger partial charge is 0.481 e. The third-order valence-corrected chi connectivity index (χ3v) is 3.41. The summed E-state index contributed by atoms with van der Waals surface area (Å²) in [4.78, 5) is 10.8. The summed E-state index contributed by atoms with van der Waals surface area (Å²) >= 11 is -2.24. The van der Waals surface area contributed by atoms with Crippen LogP contribution in [0.1, 0.15) is 43.4 Å². The molecular weight excluding hydrogens is 273 g/mol. The van der Waals surface area contributed by atoms with E-state index < -0.39 is 35.0 Å². The van der Waals surface area contributed by atoms with Crippen LogP contribution in [-0.2, 0) is 16.1 Å². The number of halogens is 1. The zero-order valence-electron chi connectivity index (χ0n) is 10.6. The summed E-state index contributed by atoms with van der Waals surface area (Å²) in [5, 5.41) is 8.86. The maximum Gasteiger partial charge on any atom is 0.310 e. The van der Waals surface area contributed by atoms with E-state index in [1.54, 1.807) is 6.92 Å². The van der Waals surface area contributed by atoms with Gasteiger partial charge in [0.1, 0.15) is 5.82 Å². The van der Waals surface area contributed by atoms with Crippen molar-refractivity contribution in [3.05, 3.63) is 35.1 Å². The average Bonchev–Trinajstić information content (AvgIpc) is 2.34. The Morgan fingerprint density at radius 3 is 2.58 bits per heavy atom. The van der Waals surface area contributed by atoms with Gasteiger partial charge in [0.25, 0.3) is 0 Å². The van der Waals surface area contributed by atoms with E-state index >= 15 is 0 Å². The summed E-state index contributed by atoms with van der Waals surface area (Å²) in [6.45, 7) is 3.22.